The van der Waals surface area contributed by atoms with E-state index in [0.717, 1.165) is 22.3 Å². The van der Waals surface area contributed by atoms with E-state index in [2.05, 4.69) is 25.9 Å². The van der Waals surface area contributed by atoms with Crippen LogP contribution in [0.1, 0.15) is 36.8 Å². The first kappa shape index (κ1) is 38.3. The summed E-state index contributed by atoms with van der Waals surface area (Å²) in [4.78, 5) is 48.4. The Labute approximate surface area is 292 Å². The van der Waals surface area contributed by atoms with Crippen LogP contribution in [0, 0.1) is 0 Å². The Morgan fingerprint density at radius 2 is 1.18 bits per heavy atom. The van der Waals surface area contributed by atoms with Gasteiger partial charge < -0.3 is 44.6 Å². The maximum absolute atomic E-state index is 13.8. The summed E-state index contributed by atoms with van der Waals surface area (Å²) in [5.41, 5.74) is 31.6. The Bertz CT molecular complexity index is 1540. The minimum absolute atomic E-state index is 0.0102. The molecule has 0 aliphatic heterocycles. The molecular formula is C35H47ClN10O3. The summed E-state index contributed by atoms with van der Waals surface area (Å²) in [5, 5.41) is 9.10. The van der Waals surface area contributed by atoms with Crippen LogP contribution >= 0.6 is 11.6 Å². The van der Waals surface area contributed by atoms with E-state index in [1.165, 1.54) is 0 Å². The van der Waals surface area contributed by atoms with Crippen LogP contribution in [0.15, 0.2) is 88.8 Å². The number of rotatable bonds is 19. The molecule has 3 amide bonds. The Morgan fingerprint density at radius 3 is 1.82 bits per heavy atom. The fourth-order valence-corrected chi connectivity index (χ4v) is 5.11. The highest BCUT2D eigenvalue weighted by atomic mass is 35.5. The number of hydrogen-bond acceptors (Lipinski definition) is 6. The molecule has 0 saturated heterocycles. The second kappa shape index (κ2) is 20.3. The van der Waals surface area contributed by atoms with Crippen molar-refractivity contribution < 1.29 is 14.4 Å². The van der Waals surface area contributed by atoms with Gasteiger partial charge in [0, 0.05) is 31.1 Å². The number of nitrogens with zero attached hydrogens (tertiary/aromatic N) is 2. The highest BCUT2D eigenvalue weighted by Crippen LogP contribution is 2.20. The minimum Gasteiger partial charge on any atom is -0.370 e. The van der Waals surface area contributed by atoms with Gasteiger partial charge in [-0.2, -0.15) is 0 Å². The molecule has 49 heavy (non-hydrogen) atoms. The van der Waals surface area contributed by atoms with E-state index in [1.54, 1.807) is 24.3 Å². The second-order valence-electron chi connectivity index (χ2n) is 11.6. The molecule has 0 aliphatic rings. The number of hydrogen-bond donors (Lipinski definition) is 8. The molecule has 0 aromatic heterocycles. The summed E-state index contributed by atoms with van der Waals surface area (Å²) in [6, 6.07) is 21.8. The van der Waals surface area contributed by atoms with Gasteiger partial charge in [-0.05, 0) is 66.5 Å². The number of benzene rings is 3. The molecule has 3 aromatic rings. The van der Waals surface area contributed by atoms with Crippen molar-refractivity contribution in [2.75, 3.05) is 19.6 Å². The van der Waals surface area contributed by atoms with Crippen molar-refractivity contribution >= 4 is 41.2 Å². The van der Waals surface area contributed by atoms with Gasteiger partial charge in [-0.15, -0.1) is 0 Å². The number of nitrogens with one attached hydrogen (secondary N) is 3. The van der Waals surface area contributed by atoms with E-state index in [1.807, 2.05) is 54.6 Å². The fourth-order valence-electron chi connectivity index (χ4n) is 4.98. The Kier molecular flexibility index (Phi) is 15.9. The number of nitrogens with two attached hydrogens (primary N) is 5. The molecule has 0 aliphatic carbocycles. The lowest BCUT2D eigenvalue weighted by molar-refractivity contribution is -0.132. The van der Waals surface area contributed by atoms with Crippen LogP contribution < -0.4 is 44.6 Å². The largest absolute Gasteiger partial charge is 0.370 e. The Hall–Kier alpha value is -5.14. The third kappa shape index (κ3) is 14.3. The quantitative estimate of drug-likeness (QED) is 0.0517. The summed E-state index contributed by atoms with van der Waals surface area (Å²) >= 11 is 5.98. The molecule has 0 unspecified atom stereocenters. The van der Waals surface area contributed by atoms with E-state index in [-0.39, 0.29) is 43.6 Å². The number of carbonyl (C=O) groups excluding carboxylic acids is 3. The first-order chi connectivity index (χ1) is 23.5. The number of halogens is 1. The van der Waals surface area contributed by atoms with Crippen LogP contribution in [0.3, 0.4) is 0 Å². The fraction of sp³-hybridized carbons (Fsp3) is 0.343. The smallest absolute Gasteiger partial charge is 0.243 e. The monoisotopic (exact) mass is 690 g/mol. The van der Waals surface area contributed by atoms with Gasteiger partial charge in [-0.3, -0.25) is 24.4 Å². The average Bonchev–Trinajstić information content (AvgIpc) is 3.08. The van der Waals surface area contributed by atoms with E-state index >= 15 is 0 Å². The molecule has 0 fully saturated rings. The summed E-state index contributed by atoms with van der Waals surface area (Å²) in [5.74, 6) is -1.49. The first-order valence-electron chi connectivity index (χ1n) is 16.2. The van der Waals surface area contributed by atoms with Crippen molar-refractivity contribution in [2.24, 2.45) is 38.7 Å². The van der Waals surface area contributed by atoms with E-state index in [9.17, 15) is 14.4 Å². The second-order valence-corrected chi connectivity index (χ2v) is 12.0. The van der Waals surface area contributed by atoms with Crippen molar-refractivity contribution in [1.29, 1.82) is 0 Å². The molecule has 0 saturated carbocycles. The summed E-state index contributed by atoms with van der Waals surface area (Å²) in [6.45, 7) is 1.04. The minimum atomic E-state index is -1.01. The molecule has 3 aromatic carbocycles. The van der Waals surface area contributed by atoms with Gasteiger partial charge >= 0.3 is 0 Å². The lowest BCUT2D eigenvalue weighted by Crippen LogP contribution is -2.56. The van der Waals surface area contributed by atoms with Crippen molar-refractivity contribution in [2.45, 2.75) is 56.7 Å². The molecule has 14 heteroatoms. The third-order valence-corrected chi connectivity index (χ3v) is 7.85. The van der Waals surface area contributed by atoms with Crippen molar-refractivity contribution in [3.63, 3.8) is 0 Å². The summed E-state index contributed by atoms with van der Waals surface area (Å²) < 4.78 is 0. The topological polar surface area (TPSA) is 242 Å². The SMILES string of the molecule is NC(N)=NCCCCNC(=O)[C@H](Cc1ccc(-c2ccccc2)cc1)NC(=O)[C@H](CCCN=C(N)N)NC(=O)[C@@H](N)Cc1ccc(Cl)cc1. The summed E-state index contributed by atoms with van der Waals surface area (Å²) in [7, 11) is 0. The Balaban J connectivity index is 1.75. The Morgan fingerprint density at radius 1 is 0.633 bits per heavy atom. The van der Waals surface area contributed by atoms with Gasteiger partial charge in [0.25, 0.3) is 0 Å². The van der Waals surface area contributed by atoms with Gasteiger partial charge in [0.15, 0.2) is 11.9 Å². The molecule has 13 N–H and O–H groups in total. The molecule has 13 nitrogen and oxygen atoms in total. The van der Waals surface area contributed by atoms with Crippen LogP contribution in [-0.2, 0) is 27.2 Å². The molecule has 0 heterocycles. The maximum atomic E-state index is 13.8. The van der Waals surface area contributed by atoms with Crippen molar-refractivity contribution in [3.8, 4) is 11.1 Å². The highest BCUT2D eigenvalue weighted by Gasteiger charge is 2.28. The van der Waals surface area contributed by atoms with Crippen molar-refractivity contribution in [1.82, 2.24) is 16.0 Å². The number of unbranched alkanes of at least 4 members (excludes halogenated alkanes) is 1. The van der Waals surface area contributed by atoms with Gasteiger partial charge in [0.1, 0.15) is 12.1 Å². The average molecular weight is 691 g/mol. The molecule has 0 radical (unpaired) electrons. The van der Waals surface area contributed by atoms with Crippen LogP contribution in [0.5, 0.6) is 0 Å². The lowest BCUT2D eigenvalue weighted by Gasteiger charge is -2.24. The molecular weight excluding hydrogens is 644 g/mol. The van der Waals surface area contributed by atoms with E-state index < -0.39 is 29.9 Å². The van der Waals surface area contributed by atoms with E-state index in [0.29, 0.717) is 37.4 Å². The third-order valence-electron chi connectivity index (χ3n) is 7.60. The van der Waals surface area contributed by atoms with Crippen LogP contribution in [0.25, 0.3) is 11.1 Å². The normalized spacial score (nSPS) is 12.5. The van der Waals surface area contributed by atoms with Crippen LogP contribution in [-0.4, -0.2) is 67.4 Å². The first-order valence-corrected chi connectivity index (χ1v) is 16.5. The molecule has 3 atom stereocenters. The van der Waals surface area contributed by atoms with E-state index in [4.69, 9.17) is 40.3 Å². The highest BCUT2D eigenvalue weighted by molar-refractivity contribution is 6.30. The zero-order valence-electron chi connectivity index (χ0n) is 27.5. The molecule has 262 valence electrons. The summed E-state index contributed by atoms with van der Waals surface area (Å²) in [6.07, 6.45) is 2.33. The number of amides is 3. The lowest BCUT2D eigenvalue weighted by atomic mass is 9.99. The van der Waals surface area contributed by atoms with Gasteiger partial charge in [-0.1, -0.05) is 78.3 Å². The zero-order chi connectivity index (χ0) is 35.6. The number of guanidine groups is 2. The van der Waals surface area contributed by atoms with Crippen LogP contribution in [0.4, 0.5) is 0 Å². The van der Waals surface area contributed by atoms with Gasteiger partial charge in [0.05, 0.1) is 6.04 Å². The van der Waals surface area contributed by atoms with Gasteiger partial charge in [0.2, 0.25) is 17.7 Å². The number of aliphatic imine (C=N–C) groups is 2. The van der Waals surface area contributed by atoms with Crippen molar-refractivity contribution in [3.05, 3.63) is 95.0 Å². The molecule has 0 bridgehead atoms. The van der Waals surface area contributed by atoms with Crippen LogP contribution in [0.2, 0.25) is 5.02 Å². The molecule has 0 spiro atoms. The predicted molar refractivity (Wildman–Crippen MR) is 195 cm³/mol. The zero-order valence-corrected chi connectivity index (χ0v) is 28.2. The predicted octanol–water partition coefficient (Wildman–Crippen LogP) is 1.31. The standard InChI is InChI=1S/C35H47ClN10O3/c36-27-16-12-23(13-17-27)21-28(37)31(47)45-29(9-6-20-44-35(40)41)33(49)46-30(32(48)42-18-4-5-19-43-34(38)39)22-24-10-14-26(15-11-24)25-7-2-1-3-8-25/h1-3,7-8,10-17,28-30H,4-6,9,18-22,37H2,(H,42,48)(H,45,47)(H,46,49)(H4,38,39,43)(H4,40,41,44)/t28-,29-,30-/m0/s1. The maximum Gasteiger partial charge on any atom is 0.243 e. The number of carbonyl (C=O) groups is 3. The van der Waals surface area contributed by atoms with Gasteiger partial charge in [-0.25, -0.2) is 0 Å². The molecule has 3 rings (SSSR count).